The van der Waals surface area contributed by atoms with Crippen molar-refractivity contribution >= 4 is 33.3 Å². The number of hydrogen-bond donors (Lipinski definition) is 3. The molecule has 2 fully saturated rings. The van der Waals surface area contributed by atoms with Crippen LogP contribution in [0.2, 0.25) is 0 Å². The molecule has 8 heteroatoms. The summed E-state index contributed by atoms with van der Waals surface area (Å²) in [5, 5.41) is 14.3. The number of fused-ring (bicyclic) bond motifs is 3. The summed E-state index contributed by atoms with van der Waals surface area (Å²) in [7, 11) is 0. The van der Waals surface area contributed by atoms with Gasteiger partial charge in [-0.15, -0.1) is 0 Å². The number of nitriles is 1. The number of nitrogens with one attached hydrogen (secondary N) is 2. The van der Waals surface area contributed by atoms with Gasteiger partial charge in [0.05, 0.1) is 27.8 Å². The van der Waals surface area contributed by atoms with Crippen molar-refractivity contribution in [2.75, 3.05) is 29.9 Å². The molecule has 2 atom stereocenters. The number of rotatable bonds is 4. The Labute approximate surface area is 190 Å². The minimum atomic E-state index is -0.300. The van der Waals surface area contributed by atoms with Gasteiger partial charge in [0, 0.05) is 66.2 Å². The van der Waals surface area contributed by atoms with E-state index in [0.29, 0.717) is 23.4 Å². The number of aromatic nitrogens is 3. The maximum Gasteiger partial charge on any atom is 0.140 e. The van der Waals surface area contributed by atoms with Crippen LogP contribution in [0.15, 0.2) is 36.8 Å². The van der Waals surface area contributed by atoms with Crippen LogP contribution in [-0.2, 0) is 0 Å². The Morgan fingerprint density at radius 1 is 1.33 bits per heavy atom. The summed E-state index contributed by atoms with van der Waals surface area (Å²) in [6.07, 6.45) is 7.19. The van der Waals surface area contributed by atoms with Gasteiger partial charge in [0.15, 0.2) is 0 Å². The molecule has 4 N–H and O–H groups in total. The molecule has 4 heterocycles. The van der Waals surface area contributed by atoms with Crippen LogP contribution in [0.5, 0.6) is 0 Å². The van der Waals surface area contributed by atoms with E-state index in [1.165, 1.54) is 6.07 Å². The minimum Gasteiger partial charge on any atom is -0.384 e. The molecule has 0 amide bonds. The van der Waals surface area contributed by atoms with Crippen molar-refractivity contribution in [3.8, 4) is 17.2 Å². The normalized spacial score (nSPS) is 21.8. The Morgan fingerprint density at radius 3 is 2.91 bits per heavy atom. The van der Waals surface area contributed by atoms with E-state index in [-0.39, 0.29) is 17.3 Å². The molecule has 0 bridgehead atoms. The lowest BCUT2D eigenvalue weighted by molar-refractivity contribution is 0.553. The third-order valence-corrected chi connectivity index (χ3v) is 7.17. The summed E-state index contributed by atoms with van der Waals surface area (Å²) < 4.78 is 14.7. The number of nitrogens with zero attached hydrogens (tertiary/aromatic N) is 4. The number of halogens is 1. The highest BCUT2D eigenvalue weighted by atomic mass is 19.1. The first kappa shape index (κ1) is 19.9. The number of benzene rings is 1. The second kappa shape index (κ2) is 7.15. The van der Waals surface area contributed by atoms with Gasteiger partial charge in [-0.3, -0.25) is 4.98 Å². The molecule has 1 spiro atoms. The minimum absolute atomic E-state index is 0.159. The lowest BCUT2D eigenvalue weighted by atomic mass is 10.0. The lowest BCUT2D eigenvalue weighted by Crippen LogP contribution is -2.23. The number of anilines is 2. The van der Waals surface area contributed by atoms with Crippen molar-refractivity contribution in [2.24, 2.45) is 11.1 Å². The lowest BCUT2D eigenvalue weighted by Gasteiger charge is -2.23. The first-order valence-corrected chi connectivity index (χ1v) is 11.3. The number of aromatic amines is 1. The number of nitrogens with two attached hydrogens (primary N) is 1. The van der Waals surface area contributed by atoms with E-state index in [1.54, 1.807) is 18.5 Å². The Morgan fingerprint density at radius 2 is 2.18 bits per heavy atom. The number of H-pyrrole nitrogens is 1. The Balaban J connectivity index is 1.65. The van der Waals surface area contributed by atoms with Crippen LogP contribution in [0.25, 0.3) is 33.1 Å². The zero-order valence-electron chi connectivity index (χ0n) is 18.3. The molecule has 1 aromatic carbocycles. The first-order chi connectivity index (χ1) is 16.0. The zero-order valence-corrected chi connectivity index (χ0v) is 18.3. The summed E-state index contributed by atoms with van der Waals surface area (Å²) >= 11 is 0. The van der Waals surface area contributed by atoms with Crippen LogP contribution < -0.4 is 16.0 Å². The monoisotopic (exact) mass is 441 g/mol. The van der Waals surface area contributed by atoms with Gasteiger partial charge in [0.1, 0.15) is 17.5 Å². The molecule has 7 nitrogen and oxygen atoms in total. The van der Waals surface area contributed by atoms with Gasteiger partial charge >= 0.3 is 0 Å². The van der Waals surface area contributed by atoms with Gasteiger partial charge in [-0.25, -0.2) is 9.37 Å². The fraction of sp³-hybridized carbons (Fsp3) is 0.320. The maximum absolute atomic E-state index is 14.7. The highest BCUT2D eigenvalue weighted by Gasteiger charge is 2.55. The van der Waals surface area contributed by atoms with E-state index < -0.39 is 0 Å². The first-order valence-electron chi connectivity index (χ1n) is 11.3. The van der Waals surface area contributed by atoms with Crippen LogP contribution in [0.3, 0.4) is 0 Å². The van der Waals surface area contributed by atoms with E-state index in [0.717, 1.165) is 59.0 Å². The summed E-state index contributed by atoms with van der Waals surface area (Å²) in [5.41, 5.74) is 11.9. The van der Waals surface area contributed by atoms with Gasteiger partial charge in [-0.1, -0.05) is 0 Å². The van der Waals surface area contributed by atoms with Gasteiger partial charge in [0.25, 0.3) is 0 Å². The van der Waals surface area contributed by atoms with E-state index in [1.807, 2.05) is 19.2 Å². The SMILES string of the molecule is CCNc1cc(F)cc2c1[nH]c1ncc(-c3cncc(C#N)c3)c(N3CCC4(C[C@@H]4N)C3)c12. The van der Waals surface area contributed by atoms with Crippen molar-refractivity contribution in [3.05, 3.63) is 48.2 Å². The Bertz CT molecular complexity index is 1450. The topological polar surface area (TPSA) is 107 Å². The second-order valence-electron chi connectivity index (χ2n) is 9.19. The average molecular weight is 442 g/mol. The third-order valence-electron chi connectivity index (χ3n) is 7.17. The van der Waals surface area contributed by atoms with Crippen LogP contribution >= 0.6 is 0 Å². The van der Waals surface area contributed by atoms with E-state index in [2.05, 4.69) is 26.3 Å². The molecule has 1 aliphatic heterocycles. The molecule has 2 aliphatic rings. The Hall–Kier alpha value is -3.70. The summed E-state index contributed by atoms with van der Waals surface area (Å²) in [6, 6.07) is 7.31. The fourth-order valence-electron chi connectivity index (χ4n) is 5.36. The highest BCUT2D eigenvalue weighted by molar-refractivity contribution is 6.17. The largest absolute Gasteiger partial charge is 0.384 e. The van der Waals surface area contributed by atoms with E-state index in [9.17, 15) is 9.65 Å². The highest BCUT2D eigenvalue weighted by Crippen LogP contribution is 2.54. The van der Waals surface area contributed by atoms with E-state index in [4.69, 9.17) is 10.7 Å². The molecule has 6 rings (SSSR count). The van der Waals surface area contributed by atoms with Crippen molar-refractivity contribution in [3.63, 3.8) is 0 Å². The smallest absolute Gasteiger partial charge is 0.140 e. The van der Waals surface area contributed by atoms with Crippen molar-refractivity contribution < 1.29 is 4.39 Å². The van der Waals surface area contributed by atoms with Crippen molar-refractivity contribution in [1.29, 1.82) is 5.26 Å². The second-order valence-corrected chi connectivity index (χ2v) is 9.19. The van der Waals surface area contributed by atoms with Crippen LogP contribution in [0.1, 0.15) is 25.3 Å². The number of hydrogen-bond acceptors (Lipinski definition) is 6. The Kier molecular flexibility index (Phi) is 4.32. The van der Waals surface area contributed by atoms with E-state index >= 15 is 0 Å². The molecule has 1 saturated heterocycles. The number of pyridine rings is 2. The standard InChI is InChI=1S/C25H24FN7/c1-2-30-19-7-16(26)6-17-21-23(33-4-3-25(13-33)8-20(25)28)18(12-31-24(21)32-22(17)19)15-5-14(9-27)10-29-11-15/h5-7,10-12,20,30H,2-4,8,13,28H2,1H3,(H,31,32)/t20-,25?/m0/s1. The molecule has 1 aliphatic carbocycles. The van der Waals surface area contributed by atoms with Crippen molar-refractivity contribution in [2.45, 2.75) is 25.8 Å². The zero-order chi connectivity index (χ0) is 22.7. The quantitative estimate of drug-likeness (QED) is 0.439. The van der Waals surface area contributed by atoms with Crippen LogP contribution in [-0.4, -0.2) is 40.6 Å². The molecule has 1 saturated carbocycles. The van der Waals surface area contributed by atoms with Gasteiger partial charge in [-0.05, 0) is 38.0 Å². The fourth-order valence-corrected chi connectivity index (χ4v) is 5.36. The predicted octanol–water partition coefficient (Wildman–Crippen LogP) is 4.15. The molecular weight excluding hydrogens is 417 g/mol. The summed E-state index contributed by atoms with van der Waals surface area (Å²) in [4.78, 5) is 14.7. The van der Waals surface area contributed by atoms with Crippen LogP contribution in [0.4, 0.5) is 15.8 Å². The summed E-state index contributed by atoms with van der Waals surface area (Å²) in [5.74, 6) is -0.300. The predicted molar refractivity (Wildman–Crippen MR) is 128 cm³/mol. The molecule has 33 heavy (non-hydrogen) atoms. The molecule has 3 aromatic heterocycles. The maximum atomic E-state index is 14.7. The molecule has 4 aromatic rings. The third kappa shape index (κ3) is 3.04. The molecule has 0 radical (unpaired) electrons. The van der Waals surface area contributed by atoms with Gasteiger partial charge in [0.2, 0.25) is 0 Å². The van der Waals surface area contributed by atoms with Crippen molar-refractivity contribution in [1.82, 2.24) is 15.0 Å². The molecular formula is C25H24FN7. The van der Waals surface area contributed by atoms with Gasteiger partial charge < -0.3 is 20.9 Å². The van der Waals surface area contributed by atoms with Crippen LogP contribution in [0, 0.1) is 22.6 Å². The average Bonchev–Trinajstić information content (AvgIpc) is 3.13. The molecule has 1 unspecified atom stereocenters. The molecule has 166 valence electrons. The summed E-state index contributed by atoms with van der Waals surface area (Å²) in [6.45, 7) is 4.39. The van der Waals surface area contributed by atoms with Gasteiger partial charge in [-0.2, -0.15) is 5.26 Å².